The van der Waals surface area contributed by atoms with Crippen LogP contribution in [0.1, 0.15) is 30.5 Å². The van der Waals surface area contributed by atoms with Gasteiger partial charge in [0.1, 0.15) is 6.26 Å². The molecule has 6 heteroatoms. The van der Waals surface area contributed by atoms with Crippen LogP contribution in [0, 0.1) is 12.8 Å². The Labute approximate surface area is 167 Å². The van der Waals surface area contributed by atoms with E-state index in [1.165, 1.54) is 24.8 Å². The molecule has 0 spiro atoms. The van der Waals surface area contributed by atoms with Crippen LogP contribution >= 0.6 is 12.4 Å². The van der Waals surface area contributed by atoms with E-state index >= 15 is 0 Å². The lowest BCUT2D eigenvalue weighted by Gasteiger charge is -2.33. The first kappa shape index (κ1) is 20.3. The molecule has 1 saturated heterocycles. The zero-order valence-corrected chi connectivity index (χ0v) is 16.8. The van der Waals surface area contributed by atoms with Crippen LogP contribution in [0.4, 0.5) is 0 Å². The summed E-state index contributed by atoms with van der Waals surface area (Å²) in [5.41, 5.74) is 3.30. The van der Waals surface area contributed by atoms with Gasteiger partial charge in [-0.1, -0.05) is 24.1 Å². The Morgan fingerprint density at radius 2 is 2.07 bits per heavy atom. The molecule has 2 aromatic rings. The summed E-state index contributed by atoms with van der Waals surface area (Å²) in [6.07, 6.45) is 6.55. The number of nitrogens with one attached hydrogen (secondary N) is 2. The second kappa shape index (κ2) is 9.69. The highest BCUT2D eigenvalue weighted by Gasteiger charge is 2.34. The topological polar surface area (TPSA) is 59.3 Å². The molecule has 1 saturated carbocycles. The molecule has 27 heavy (non-hydrogen) atoms. The highest BCUT2D eigenvalue weighted by molar-refractivity contribution is 5.85. The van der Waals surface area contributed by atoms with Gasteiger partial charge in [0.2, 0.25) is 5.89 Å². The Balaban J connectivity index is 0.00000210. The van der Waals surface area contributed by atoms with Gasteiger partial charge in [-0.05, 0) is 37.8 Å². The van der Waals surface area contributed by atoms with Crippen LogP contribution in [0.3, 0.4) is 0 Å². The van der Waals surface area contributed by atoms with Crippen molar-refractivity contribution in [2.24, 2.45) is 5.92 Å². The lowest BCUT2D eigenvalue weighted by atomic mass is 9.94. The van der Waals surface area contributed by atoms with Gasteiger partial charge in [0.25, 0.3) is 0 Å². The second-order valence-electron chi connectivity index (χ2n) is 7.55. The van der Waals surface area contributed by atoms with Crippen molar-refractivity contribution in [2.75, 3.05) is 26.3 Å². The number of oxazole rings is 1. The summed E-state index contributed by atoms with van der Waals surface area (Å²) in [6, 6.07) is 9.38. The molecule has 1 aromatic carbocycles. The number of halogens is 1. The molecule has 0 amide bonds. The predicted molar refractivity (Wildman–Crippen MR) is 109 cm³/mol. The number of hydrogen-bond acceptors (Lipinski definition) is 5. The first-order valence-electron chi connectivity index (χ1n) is 9.85. The average Bonchev–Trinajstić information content (AvgIpc) is 3.33. The summed E-state index contributed by atoms with van der Waals surface area (Å²) in [4.78, 5) is 4.64. The van der Waals surface area contributed by atoms with Crippen LogP contribution in [0.25, 0.3) is 11.5 Å². The number of hydrogen-bond donors (Lipinski definition) is 2. The van der Waals surface area contributed by atoms with E-state index in [2.05, 4.69) is 46.8 Å². The summed E-state index contributed by atoms with van der Waals surface area (Å²) in [7, 11) is 0. The van der Waals surface area contributed by atoms with Crippen LogP contribution in [0.15, 0.2) is 34.9 Å². The average molecular weight is 392 g/mol. The van der Waals surface area contributed by atoms with Crippen LogP contribution in [-0.4, -0.2) is 43.4 Å². The summed E-state index contributed by atoms with van der Waals surface area (Å²) in [6.45, 7) is 5.70. The molecule has 3 unspecified atom stereocenters. The van der Waals surface area contributed by atoms with Crippen LogP contribution < -0.4 is 10.6 Å². The van der Waals surface area contributed by atoms with E-state index < -0.39 is 0 Å². The third kappa shape index (κ3) is 5.11. The van der Waals surface area contributed by atoms with E-state index in [-0.39, 0.29) is 12.4 Å². The van der Waals surface area contributed by atoms with Gasteiger partial charge in [-0.2, -0.15) is 0 Å². The van der Waals surface area contributed by atoms with Gasteiger partial charge >= 0.3 is 0 Å². The maximum absolute atomic E-state index is 5.66. The number of ether oxygens (including phenoxy) is 1. The number of benzene rings is 1. The van der Waals surface area contributed by atoms with Crippen molar-refractivity contribution < 1.29 is 9.15 Å². The van der Waals surface area contributed by atoms with Gasteiger partial charge in [-0.15, -0.1) is 12.4 Å². The van der Waals surface area contributed by atoms with Crippen molar-refractivity contribution in [2.45, 2.75) is 44.7 Å². The largest absolute Gasteiger partial charge is 0.444 e. The molecule has 1 aliphatic heterocycles. The number of aromatic nitrogens is 1. The summed E-state index contributed by atoms with van der Waals surface area (Å²) >= 11 is 0. The molecule has 1 aromatic heterocycles. The minimum absolute atomic E-state index is 0. The fourth-order valence-electron chi connectivity index (χ4n) is 4.22. The normalized spacial score (nSPS) is 25.3. The third-order valence-corrected chi connectivity index (χ3v) is 5.67. The molecule has 2 aliphatic rings. The monoisotopic (exact) mass is 391 g/mol. The molecule has 1 aliphatic carbocycles. The molecule has 3 atom stereocenters. The molecule has 0 radical (unpaired) electrons. The molecular formula is C21H30ClN3O2. The van der Waals surface area contributed by atoms with Gasteiger partial charge < -0.3 is 19.8 Å². The van der Waals surface area contributed by atoms with Crippen molar-refractivity contribution in [3.8, 4) is 11.5 Å². The molecule has 148 valence electrons. The van der Waals surface area contributed by atoms with E-state index in [0.717, 1.165) is 44.0 Å². The van der Waals surface area contributed by atoms with E-state index in [1.807, 2.05) is 0 Å². The summed E-state index contributed by atoms with van der Waals surface area (Å²) in [5.74, 6) is 1.39. The van der Waals surface area contributed by atoms with Gasteiger partial charge in [-0.3, -0.25) is 0 Å². The Morgan fingerprint density at radius 3 is 2.85 bits per heavy atom. The van der Waals surface area contributed by atoms with Crippen LogP contribution in [0.5, 0.6) is 0 Å². The van der Waals surface area contributed by atoms with Gasteiger partial charge in [0, 0.05) is 37.2 Å². The van der Waals surface area contributed by atoms with Crippen LogP contribution in [0.2, 0.25) is 0 Å². The standard InChI is InChI=1S/C21H29N3O2.ClH/c1-15-5-7-16(8-6-15)21-24-17(13-26-21)9-10-22-19-4-2-3-18(19)20-14-25-12-11-23-20;/h5-8,13,18-20,22-23H,2-4,9-12,14H2,1H3;1H. The maximum Gasteiger partial charge on any atom is 0.226 e. The van der Waals surface area contributed by atoms with Crippen molar-refractivity contribution in [3.63, 3.8) is 0 Å². The van der Waals surface area contributed by atoms with E-state index in [1.54, 1.807) is 6.26 Å². The quantitative estimate of drug-likeness (QED) is 0.790. The Morgan fingerprint density at radius 1 is 1.22 bits per heavy atom. The molecule has 2 fully saturated rings. The summed E-state index contributed by atoms with van der Waals surface area (Å²) in [5, 5.41) is 7.39. The number of aryl methyl sites for hydroxylation is 1. The molecule has 5 nitrogen and oxygen atoms in total. The second-order valence-corrected chi connectivity index (χ2v) is 7.55. The van der Waals surface area contributed by atoms with Crippen molar-refractivity contribution >= 4 is 12.4 Å². The minimum Gasteiger partial charge on any atom is -0.444 e. The zero-order valence-electron chi connectivity index (χ0n) is 15.9. The molecule has 2 N–H and O–H groups in total. The highest BCUT2D eigenvalue weighted by atomic mass is 35.5. The molecule has 0 bridgehead atoms. The van der Waals surface area contributed by atoms with Crippen LogP contribution in [-0.2, 0) is 11.2 Å². The number of morpholine rings is 1. The Hall–Kier alpha value is -1.40. The van der Waals surface area contributed by atoms with Crippen molar-refractivity contribution in [3.05, 3.63) is 41.8 Å². The molecule has 4 rings (SSSR count). The van der Waals surface area contributed by atoms with E-state index in [9.17, 15) is 0 Å². The molecule has 2 heterocycles. The van der Waals surface area contributed by atoms with Gasteiger partial charge in [-0.25, -0.2) is 4.98 Å². The highest BCUT2D eigenvalue weighted by Crippen LogP contribution is 2.29. The fourth-order valence-corrected chi connectivity index (χ4v) is 4.22. The SMILES string of the molecule is Cc1ccc(-c2nc(CCNC3CCCC3C3COCCN3)co2)cc1.Cl. The smallest absolute Gasteiger partial charge is 0.226 e. The van der Waals surface area contributed by atoms with Gasteiger partial charge in [0.05, 0.1) is 18.9 Å². The lowest BCUT2D eigenvalue weighted by molar-refractivity contribution is 0.0526. The van der Waals surface area contributed by atoms with E-state index in [0.29, 0.717) is 23.9 Å². The summed E-state index contributed by atoms with van der Waals surface area (Å²) < 4.78 is 11.3. The first-order chi connectivity index (χ1) is 12.8. The Kier molecular flexibility index (Phi) is 7.30. The van der Waals surface area contributed by atoms with Gasteiger partial charge in [0.15, 0.2) is 0 Å². The first-order valence-corrected chi connectivity index (χ1v) is 9.85. The minimum atomic E-state index is 0. The van der Waals surface area contributed by atoms with E-state index in [4.69, 9.17) is 9.15 Å². The zero-order chi connectivity index (χ0) is 17.8. The third-order valence-electron chi connectivity index (χ3n) is 5.67. The predicted octanol–water partition coefficient (Wildman–Crippen LogP) is 3.36. The van der Waals surface area contributed by atoms with Crippen molar-refractivity contribution in [1.82, 2.24) is 15.6 Å². The lowest BCUT2D eigenvalue weighted by Crippen LogP contribution is -2.51. The molecular weight excluding hydrogens is 362 g/mol. The number of rotatable bonds is 6. The fraction of sp³-hybridized carbons (Fsp3) is 0.571. The number of nitrogens with zero attached hydrogens (tertiary/aromatic N) is 1. The maximum atomic E-state index is 5.66. The van der Waals surface area contributed by atoms with Crippen molar-refractivity contribution in [1.29, 1.82) is 0 Å². The Bertz CT molecular complexity index is 698.